The normalized spacial score (nSPS) is 11.2. The number of aliphatic carboxylic acids is 4. The maximum Gasteiger partial charge on any atom is 0.442 e. The van der Waals surface area contributed by atoms with E-state index in [1.165, 1.54) is 0 Å². The highest BCUT2D eigenvalue weighted by Crippen LogP contribution is 1.97. The van der Waals surface area contributed by atoms with Crippen LogP contribution < -0.4 is 6.15 Å². The van der Waals surface area contributed by atoms with Crippen molar-refractivity contribution in [2.75, 3.05) is 39.3 Å². The van der Waals surface area contributed by atoms with Gasteiger partial charge in [0, 0.05) is 13.1 Å². The molecule has 0 bridgehead atoms. The highest BCUT2D eigenvalue weighted by atomic mass is 32.3. The summed E-state index contributed by atoms with van der Waals surface area (Å²) in [7, 11) is -10.2. The molecule has 0 saturated heterocycles. The molecule has 0 atom stereocenters. The van der Waals surface area contributed by atoms with Gasteiger partial charge in [0.1, 0.15) is 0 Å². The van der Waals surface area contributed by atoms with E-state index >= 15 is 0 Å². The van der Waals surface area contributed by atoms with Crippen LogP contribution in [0.2, 0.25) is 0 Å². The fourth-order valence-electron chi connectivity index (χ4n) is 1.59. The largest absolute Gasteiger partial charge is 0.480 e. The minimum atomic E-state index is -5.17. The molecule has 0 spiro atoms. The van der Waals surface area contributed by atoms with Crippen LogP contribution in [-0.2, 0) is 47.9 Å². The number of carboxylic acid groups (broad SMARTS) is 4. The molecule has 0 radical (unpaired) electrons. The zero-order valence-electron chi connectivity index (χ0n) is 15.4. The summed E-state index contributed by atoms with van der Waals surface area (Å²) in [6, 6.07) is 0. The molecule has 21 heteroatoms. The van der Waals surface area contributed by atoms with Gasteiger partial charge < -0.3 is 26.6 Å². The maximum absolute atomic E-state index is 10.6. The number of carboxylic acids is 4. The molecule has 0 aromatic carbocycles. The molecule has 31 heavy (non-hydrogen) atoms. The van der Waals surface area contributed by atoms with Crippen LogP contribution in [0.5, 0.6) is 0 Å². The summed E-state index contributed by atoms with van der Waals surface area (Å²) >= 11 is 0. The smallest absolute Gasteiger partial charge is 0.442 e. The van der Waals surface area contributed by atoms with Crippen molar-refractivity contribution in [1.29, 1.82) is 0 Å². The Morgan fingerprint density at radius 1 is 0.677 bits per heavy atom. The summed E-state index contributed by atoms with van der Waals surface area (Å²) in [6.07, 6.45) is 0. The van der Waals surface area contributed by atoms with Crippen molar-refractivity contribution >= 4 is 44.7 Å². The van der Waals surface area contributed by atoms with Gasteiger partial charge in [-0.05, 0) is 0 Å². The molecule has 184 valence electrons. The predicted octanol–water partition coefficient (Wildman–Crippen LogP) is -3.37. The topological polar surface area (TPSA) is 318 Å². The molecular weight excluding hydrogens is 482 g/mol. The van der Waals surface area contributed by atoms with Gasteiger partial charge in [0.2, 0.25) is 0 Å². The lowest BCUT2D eigenvalue weighted by Crippen LogP contribution is -2.43. The third-order valence-corrected chi connectivity index (χ3v) is 3.97. The van der Waals surface area contributed by atoms with Crippen molar-refractivity contribution in [3.05, 3.63) is 0 Å². The monoisotopic (exact) mass is 503 g/mol. The summed E-state index contributed by atoms with van der Waals surface area (Å²) in [4.78, 5) is 44.4. The standard InChI is InChI=1S/C10H16N2O8.H3N.H2O8S2/c13-7(14)3-11(4-8(15)16)1-2-12(5-9(17)18)6-10(19)20;;1-7-10(5,6)8-9(2,3)4/h1-6H2,(H,13,14)(H,15,16)(H,17,18)(H,19,20);1H3;1H,(H,2,3,4). The quantitative estimate of drug-likeness (QED) is 0.0690. The fourth-order valence-corrected chi connectivity index (χ4v) is 2.54. The van der Waals surface area contributed by atoms with Crippen LogP contribution in [0.4, 0.5) is 0 Å². The van der Waals surface area contributed by atoms with E-state index in [-0.39, 0.29) is 19.2 Å². The molecule has 0 aliphatic heterocycles. The number of hydrogen-bond acceptors (Lipinski definition) is 14. The second kappa shape index (κ2) is 15.3. The zero-order chi connectivity index (χ0) is 24.1. The van der Waals surface area contributed by atoms with Crippen molar-refractivity contribution in [1.82, 2.24) is 16.0 Å². The first-order chi connectivity index (χ1) is 13.5. The van der Waals surface area contributed by atoms with Crippen LogP contribution in [0.3, 0.4) is 0 Å². The summed E-state index contributed by atoms with van der Waals surface area (Å²) < 4.78 is 51.7. The zero-order valence-corrected chi connectivity index (χ0v) is 17.1. The summed E-state index contributed by atoms with van der Waals surface area (Å²) in [5.41, 5.74) is 0. The molecule has 0 aliphatic carbocycles. The van der Waals surface area contributed by atoms with Gasteiger partial charge in [-0.15, -0.1) is 0 Å². The Kier molecular flexibility index (Phi) is 16.4. The van der Waals surface area contributed by atoms with Crippen molar-refractivity contribution in [3.8, 4) is 0 Å². The Bertz CT molecular complexity index is 742. The Balaban J connectivity index is -0.000000604. The van der Waals surface area contributed by atoms with Crippen molar-refractivity contribution < 1.29 is 74.2 Å². The summed E-state index contributed by atoms with van der Waals surface area (Å²) in [5.74, 6) is -4.91. The van der Waals surface area contributed by atoms with Gasteiger partial charge in [-0.3, -0.25) is 33.5 Å². The van der Waals surface area contributed by atoms with Gasteiger partial charge in [0.25, 0.3) is 0 Å². The molecule has 9 N–H and O–H groups in total. The van der Waals surface area contributed by atoms with E-state index in [9.17, 15) is 36.0 Å². The van der Waals surface area contributed by atoms with Crippen molar-refractivity contribution in [3.63, 3.8) is 0 Å². The van der Waals surface area contributed by atoms with E-state index in [1.807, 2.05) is 0 Å². The molecule has 0 aromatic rings. The first-order valence-corrected chi connectivity index (χ1v) is 9.75. The first-order valence-electron chi connectivity index (χ1n) is 7.05. The Labute approximate surface area is 174 Å². The Morgan fingerprint density at radius 3 is 1.06 bits per heavy atom. The van der Waals surface area contributed by atoms with Gasteiger partial charge in [-0.1, -0.05) is 7.96 Å². The number of hydrogen-bond donors (Lipinski definition) is 7. The van der Waals surface area contributed by atoms with Gasteiger partial charge in [0.05, 0.1) is 26.2 Å². The minimum absolute atomic E-state index is 0. The lowest BCUT2D eigenvalue weighted by Gasteiger charge is -2.23. The molecule has 0 saturated carbocycles. The summed E-state index contributed by atoms with van der Waals surface area (Å²) in [5, 5.41) is 41.8. The molecular formula is C10H21N3O16S2. The molecule has 0 aliphatic rings. The van der Waals surface area contributed by atoms with Gasteiger partial charge >= 0.3 is 44.7 Å². The molecule has 0 amide bonds. The average Bonchev–Trinajstić information content (AvgIpc) is 2.48. The molecule has 0 fully saturated rings. The highest BCUT2D eigenvalue weighted by molar-refractivity contribution is 7.94. The molecule has 0 aromatic heterocycles. The van der Waals surface area contributed by atoms with Crippen LogP contribution in [-0.4, -0.2) is 120 Å². The fraction of sp³-hybridized carbons (Fsp3) is 0.600. The second-order valence-corrected chi connectivity index (χ2v) is 7.34. The minimum Gasteiger partial charge on any atom is -0.480 e. The third-order valence-electron chi connectivity index (χ3n) is 2.43. The maximum atomic E-state index is 10.6. The Morgan fingerprint density at radius 2 is 0.935 bits per heavy atom. The molecule has 0 heterocycles. The highest BCUT2D eigenvalue weighted by Gasteiger charge is 2.21. The lowest BCUT2D eigenvalue weighted by molar-refractivity contribution is -0.145. The van der Waals surface area contributed by atoms with E-state index < -0.39 is 70.9 Å². The number of nitrogens with zero attached hydrogens (tertiary/aromatic N) is 2. The average molecular weight is 503 g/mol. The van der Waals surface area contributed by atoms with Gasteiger partial charge in [0.15, 0.2) is 0 Å². The van der Waals surface area contributed by atoms with E-state index in [0.717, 1.165) is 9.80 Å². The molecule has 0 unspecified atom stereocenters. The molecule has 19 nitrogen and oxygen atoms in total. The van der Waals surface area contributed by atoms with Crippen LogP contribution >= 0.6 is 0 Å². The van der Waals surface area contributed by atoms with E-state index in [4.69, 9.17) is 30.2 Å². The van der Waals surface area contributed by atoms with E-state index in [2.05, 4.69) is 7.96 Å². The number of rotatable bonds is 14. The van der Waals surface area contributed by atoms with Crippen LogP contribution in [0.15, 0.2) is 0 Å². The summed E-state index contributed by atoms with van der Waals surface area (Å²) in [6.45, 7) is -2.25. The Hall–Kier alpha value is -2.50. The lowest BCUT2D eigenvalue weighted by atomic mass is 10.4. The van der Waals surface area contributed by atoms with Gasteiger partial charge in [-0.25, -0.2) is 5.26 Å². The van der Waals surface area contributed by atoms with E-state index in [1.54, 1.807) is 0 Å². The van der Waals surface area contributed by atoms with Crippen LogP contribution in [0.25, 0.3) is 0 Å². The first kappa shape index (κ1) is 33.1. The SMILES string of the molecule is N.O=C(O)CN(CCN(CC(=O)O)CC(=O)O)CC(=O)O.O=S(=O)(O)OS(=O)(=O)OO. The van der Waals surface area contributed by atoms with E-state index in [0.29, 0.717) is 0 Å². The van der Waals surface area contributed by atoms with Crippen LogP contribution in [0.1, 0.15) is 0 Å². The third kappa shape index (κ3) is 23.6. The van der Waals surface area contributed by atoms with Gasteiger partial charge in [-0.2, -0.15) is 16.8 Å². The van der Waals surface area contributed by atoms with Crippen molar-refractivity contribution in [2.45, 2.75) is 0 Å². The van der Waals surface area contributed by atoms with Crippen molar-refractivity contribution in [2.24, 2.45) is 0 Å². The second-order valence-electron chi connectivity index (χ2n) is 4.97. The number of carbonyl (C=O) groups is 4. The predicted molar refractivity (Wildman–Crippen MR) is 93.7 cm³/mol. The van der Waals surface area contributed by atoms with Crippen LogP contribution in [0, 0.1) is 0 Å². The molecule has 0 rings (SSSR count).